The van der Waals surface area contributed by atoms with Gasteiger partial charge in [-0.3, -0.25) is 9.78 Å². The average Bonchev–Trinajstić information content (AvgIpc) is 2.76. The summed E-state index contributed by atoms with van der Waals surface area (Å²) in [6, 6.07) is 15.2. The van der Waals surface area contributed by atoms with Crippen LogP contribution in [0.3, 0.4) is 0 Å². The lowest BCUT2D eigenvalue weighted by Crippen LogP contribution is -2.32. The normalized spacial score (nSPS) is 11.9. The number of rotatable bonds is 5. The van der Waals surface area contributed by atoms with Crippen molar-refractivity contribution in [1.29, 1.82) is 5.26 Å². The molecule has 0 saturated heterocycles. The topological polar surface area (TPSA) is 87.0 Å². The van der Waals surface area contributed by atoms with Crippen LogP contribution < -0.4 is 10.6 Å². The number of nitrogens with one attached hydrogen (secondary N) is 2. The Labute approximate surface area is 210 Å². The quantitative estimate of drug-likeness (QED) is 0.311. The summed E-state index contributed by atoms with van der Waals surface area (Å²) in [6.07, 6.45) is 1.22. The van der Waals surface area contributed by atoms with Gasteiger partial charge in [-0.05, 0) is 60.8 Å². The zero-order chi connectivity index (χ0) is 24.9. The first kappa shape index (κ1) is 25.4. The van der Waals surface area contributed by atoms with Gasteiger partial charge in [0.1, 0.15) is 12.2 Å². The molecule has 1 amide bonds. The van der Waals surface area contributed by atoms with Gasteiger partial charge in [0.05, 0.1) is 16.8 Å². The van der Waals surface area contributed by atoms with Crippen LogP contribution in [0.4, 0.5) is 17.1 Å². The monoisotopic (exact) mass is 534 g/mol. The number of fused-ring (bicyclic) bond motifs is 1. The van der Waals surface area contributed by atoms with Crippen molar-refractivity contribution in [3.63, 3.8) is 0 Å². The van der Waals surface area contributed by atoms with Gasteiger partial charge in [-0.2, -0.15) is 5.26 Å². The van der Waals surface area contributed by atoms with E-state index in [1.807, 2.05) is 45.0 Å². The van der Waals surface area contributed by atoms with Crippen LogP contribution in [0.15, 0.2) is 53.1 Å². The van der Waals surface area contributed by atoms with Gasteiger partial charge in [0.2, 0.25) is 0 Å². The first-order chi connectivity index (χ1) is 16.1. The molecule has 1 heterocycles. The van der Waals surface area contributed by atoms with Gasteiger partial charge in [0.25, 0.3) is 5.91 Å². The lowest BCUT2D eigenvalue weighted by atomic mass is 9.89. The number of anilines is 3. The van der Waals surface area contributed by atoms with E-state index >= 15 is 0 Å². The highest BCUT2D eigenvalue weighted by Crippen LogP contribution is 2.31. The summed E-state index contributed by atoms with van der Waals surface area (Å²) in [5.74, 6) is 5.25. The molecule has 34 heavy (non-hydrogen) atoms. The Kier molecular flexibility index (Phi) is 8.11. The number of amides is 1. The Morgan fingerprint density at radius 3 is 2.59 bits per heavy atom. The van der Waals surface area contributed by atoms with Gasteiger partial charge in [-0.1, -0.05) is 48.7 Å². The van der Waals surface area contributed by atoms with Crippen LogP contribution in [0.25, 0.3) is 10.9 Å². The van der Waals surface area contributed by atoms with Crippen LogP contribution in [0, 0.1) is 28.6 Å². The van der Waals surface area contributed by atoms with Gasteiger partial charge in [-0.25, -0.2) is 0 Å². The summed E-state index contributed by atoms with van der Waals surface area (Å²) in [5.41, 5.74) is 2.91. The highest BCUT2D eigenvalue weighted by molar-refractivity contribution is 9.10. The fourth-order valence-electron chi connectivity index (χ4n) is 3.22. The molecular weight excluding hydrogens is 508 g/mol. The standard InChI is InChI=1S/C26H27BrN4O2Si/c1-26(2,3)23(33-34(4)5)11-12-24(32)30-20-9-10-22-21(14-20)25(17(15-28)16-29-22)31-19-8-6-7-18(27)13-19/h6-10,13-14,16,23,34H,1-5H3,(H,29,31)(H,30,32). The smallest absolute Gasteiger partial charge is 0.300 e. The van der Waals surface area contributed by atoms with Crippen LogP contribution >= 0.6 is 15.9 Å². The number of benzene rings is 2. The van der Waals surface area contributed by atoms with Crippen LogP contribution in [-0.4, -0.2) is 26.0 Å². The average molecular weight is 536 g/mol. The highest BCUT2D eigenvalue weighted by atomic mass is 79.9. The Hall–Kier alpha value is -3.17. The summed E-state index contributed by atoms with van der Waals surface area (Å²) < 4.78 is 6.93. The summed E-state index contributed by atoms with van der Waals surface area (Å²) in [4.78, 5) is 17.0. The number of hydrogen-bond acceptors (Lipinski definition) is 5. The van der Waals surface area contributed by atoms with Crippen LogP contribution in [0.2, 0.25) is 13.1 Å². The van der Waals surface area contributed by atoms with Crippen molar-refractivity contribution >= 4 is 58.8 Å². The van der Waals surface area contributed by atoms with Gasteiger partial charge >= 0.3 is 0 Å². The van der Waals surface area contributed by atoms with Gasteiger partial charge < -0.3 is 15.1 Å². The van der Waals surface area contributed by atoms with Gasteiger partial charge in [-0.15, -0.1) is 0 Å². The molecule has 1 atom stereocenters. The van der Waals surface area contributed by atoms with Crippen LogP contribution in [-0.2, 0) is 9.22 Å². The molecule has 2 aromatic carbocycles. The van der Waals surface area contributed by atoms with E-state index in [2.05, 4.69) is 62.6 Å². The fraction of sp³-hybridized carbons (Fsp3) is 0.269. The van der Waals surface area contributed by atoms with Crippen molar-refractivity contribution in [1.82, 2.24) is 4.98 Å². The van der Waals surface area contributed by atoms with Crippen molar-refractivity contribution in [2.24, 2.45) is 5.41 Å². The molecule has 174 valence electrons. The molecule has 3 rings (SSSR count). The number of carbonyl (C=O) groups excluding carboxylic acids is 1. The molecule has 0 bridgehead atoms. The Morgan fingerprint density at radius 1 is 1.18 bits per heavy atom. The minimum absolute atomic E-state index is 0.195. The predicted octanol–water partition coefficient (Wildman–Crippen LogP) is 5.97. The second-order valence-corrected chi connectivity index (χ2v) is 12.5. The second kappa shape index (κ2) is 10.8. The third kappa shape index (κ3) is 6.68. The van der Waals surface area contributed by atoms with E-state index in [9.17, 15) is 10.1 Å². The molecule has 8 heteroatoms. The Bertz CT molecular complexity index is 1320. The summed E-state index contributed by atoms with van der Waals surface area (Å²) in [5, 5.41) is 16.5. The minimum atomic E-state index is -1.31. The molecule has 0 aliphatic heterocycles. The first-order valence-electron chi connectivity index (χ1n) is 10.9. The van der Waals surface area contributed by atoms with Crippen molar-refractivity contribution in [3.8, 4) is 17.9 Å². The number of pyridine rings is 1. The third-order valence-corrected chi connectivity index (χ3v) is 6.16. The maximum atomic E-state index is 12.6. The van der Waals surface area contributed by atoms with Crippen LogP contribution in [0.1, 0.15) is 26.3 Å². The molecule has 0 radical (unpaired) electrons. The number of aromatic nitrogens is 1. The fourth-order valence-corrected chi connectivity index (χ4v) is 4.64. The van der Waals surface area contributed by atoms with E-state index in [-0.39, 0.29) is 11.5 Å². The Morgan fingerprint density at radius 2 is 1.94 bits per heavy atom. The second-order valence-electron chi connectivity index (χ2n) is 9.18. The van der Waals surface area contributed by atoms with E-state index in [0.29, 0.717) is 27.8 Å². The summed E-state index contributed by atoms with van der Waals surface area (Å²) in [7, 11) is -1.31. The molecule has 1 aromatic heterocycles. The SMILES string of the molecule is C[SiH](C)OC(C#CC(=O)Nc1ccc2ncc(C#N)c(Nc3cccc(Br)c3)c2c1)C(C)(C)C. The number of nitrogens with zero attached hydrogens (tertiary/aromatic N) is 2. The molecule has 3 aromatic rings. The molecule has 2 N–H and O–H groups in total. The molecule has 0 aliphatic rings. The maximum absolute atomic E-state index is 12.6. The number of nitriles is 1. The molecular formula is C26H27BrN4O2Si. The summed E-state index contributed by atoms with van der Waals surface area (Å²) >= 11 is 3.46. The Balaban J connectivity index is 1.91. The molecule has 0 spiro atoms. The number of carbonyl (C=O) groups is 1. The summed E-state index contributed by atoms with van der Waals surface area (Å²) in [6.45, 7) is 10.3. The molecule has 0 aliphatic carbocycles. The molecule has 0 saturated carbocycles. The molecule has 6 nitrogen and oxygen atoms in total. The number of halogens is 1. The lowest BCUT2D eigenvalue weighted by Gasteiger charge is -2.28. The van der Waals surface area contributed by atoms with Crippen molar-refractivity contribution in [3.05, 3.63) is 58.7 Å². The zero-order valence-corrected chi connectivity index (χ0v) is 22.6. The highest BCUT2D eigenvalue weighted by Gasteiger charge is 2.24. The lowest BCUT2D eigenvalue weighted by molar-refractivity contribution is -0.111. The third-order valence-electron chi connectivity index (χ3n) is 4.85. The van der Waals surface area contributed by atoms with Gasteiger partial charge in [0, 0.05) is 27.4 Å². The zero-order valence-electron chi connectivity index (χ0n) is 19.9. The van der Waals surface area contributed by atoms with E-state index in [4.69, 9.17) is 4.43 Å². The molecule has 1 unspecified atom stereocenters. The van der Waals surface area contributed by atoms with Crippen molar-refractivity contribution in [2.45, 2.75) is 40.0 Å². The van der Waals surface area contributed by atoms with E-state index in [1.54, 1.807) is 18.2 Å². The van der Waals surface area contributed by atoms with Crippen LogP contribution in [0.5, 0.6) is 0 Å². The van der Waals surface area contributed by atoms with Gasteiger partial charge in [0.15, 0.2) is 9.04 Å². The molecule has 0 fully saturated rings. The van der Waals surface area contributed by atoms with E-state index < -0.39 is 14.9 Å². The number of hydrogen-bond donors (Lipinski definition) is 2. The van der Waals surface area contributed by atoms with E-state index in [0.717, 1.165) is 10.2 Å². The largest absolute Gasteiger partial charge is 0.406 e. The van der Waals surface area contributed by atoms with Crippen molar-refractivity contribution < 1.29 is 9.22 Å². The predicted molar refractivity (Wildman–Crippen MR) is 143 cm³/mol. The first-order valence-corrected chi connectivity index (χ1v) is 14.5. The maximum Gasteiger partial charge on any atom is 0.300 e. The minimum Gasteiger partial charge on any atom is -0.406 e. The van der Waals surface area contributed by atoms with Crippen molar-refractivity contribution in [2.75, 3.05) is 10.6 Å². The van der Waals surface area contributed by atoms with E-state index in [1.165, 1.54) is 6.20 Å².